The summed E-state index contributed by atoms with van der Waals surface area (Å²) in [5, 5.41) is 7.01. The number of likely N-dealkylation sites (N-methyl/N-ethyl adjacent to an activating group) is 1. The Balaban J connectivity index is 1.81. The summed E-state index contributed by atoms with van der Waals surface area (Å²) >= 11 is 5.40. The molecule has 0 saturated carbocycles. The lowest BCUT2D eigenvalue weighted by Crippen LogP contribution is -2.49. The molecule has 2 aromatic carbocycles. The second-order valence-corrected chi connectivity index (χ2v) is 7.29. The largest absolute Gasteiger partial charge is 0.352 e. The Hall–Kier alpha value is -2.57. The van der Waals surface area contributed by atoms with Crippen LogP contribution in [0.25, 0.3) is 6.08 Å². The Labute approximate surface area is 162 Å². The highest BCUT2D eigenvalue weighted by molar-refractivity contribution is 7.80. The number of thiocarbonyl (C=S) groups is 1. The smallest absolute Gasteiger partial charge is 0.171 e. The van der Waals surface area contributed by atoms with E-state index >= 15 is 0 Å². The highest BCUT2D eigenvalue weighted by atomic mass is 32.1. The fourth-order valence-corrected chi connectivity index (χ4v) is 3.87. The fraction of sp³-hybridized carbons (Fsp3) is 0.190. The SMILES string of the molecule is CN1CC2=C(NC(=S)NC2c2cccc(F)c2)/C(=C/c2cccc(F)c2)C1. The second kappa shape index (κ2) is 7.21. The van der Waals surface area contributed by atoms with E-state index in [9.17, 15) is 8.78 Å². The molecule has 2 aromatic rings. The monoisotopic (exact) mass is 383 g/mol. The zero-order chi connectivity index (χ0) is 19.0. The van der Waals surface area contributed by atoms with Gasteiger partial charge in [0.25, 0.3) is 0 Å². The van der Waals surface area contributed by atoms with Gasteiger partial charge in [-0.25, -0.2) is 8.78 Å². The van der Waals surface area contributed by atoms with Gasteiger partial charge in [-0.3, -0.25) is 4.90 Å². The van der Waals surface area contributed by atoms with Crippen LogP contribution in [0.4, 0.5) is 8.78 Å². The van der Waals surface area contributed by atoms with Crippen LogP contribution in [0.5, 0.6) is 0 Å². The molecule has 0 bridgehead atoms. The quantitative estimate of drug-likeness (QED) is 0.772. The van der Waals surface area contributed by atoms with Crippen molar-refractivity contribution in [1.29, 1.82) is 0 Å². The van der Waals surface area contributed by atoms with Crippen LogP contribution in [-0.4, -0.2) is 30.1 Å². The van der Waals surface area contributed by atoms with Crippen LogP contribution < -0.4 is 10.6 Å². The Bertz CT molecular complexity index is 967. The van der Waals surface area contributed by atoms with E-state index < -0.39 is 0 Å². The van der Waals surface area contributed by atoms with Crippen molar-refractivity contribution in [2.24, 2.45) is 0 Å². The normalized spacial score (nSPS) is 21.7. The third-order valence-electron chi connectivity index (χ3n) is 4.76. The van der Waals surface area contributed by atoms with Crippen LogP contribution in [0.2, 0.25) is 0 Å². The number of hydrogen-bond acceptors (Lipinski definition) is 2. The first-order valence-electron chi connectivity index (χ1n) is 8.70. The number of benzene rings is 2. The van der Waals surface area contributed by atoms with Gasteiger partial charge in [-0.05, 0) is 71.9 Å². The molecule has 3 nitrogen and oxygen atoms in total. The molecule has 0 radical (unpaired) electrons. The van der Waals surface area contributed by atoms with Gasteiger partial charge >= 0.3 is 0 Å². The average molecular weight is 383 g/mol. The van der Waals surface area contributed by atoms with Gasteiger partial charge in [0.2, 0.25) is 0 Å². The molecule has 27 heavy (non-hydrogen) atoms. The van der Waals surface area contributed by atoms with Crippen molar-refractivity contribution in [2.45, 2.75) is 6.04 Å². The van der Waals surface area contributed by atoms with E-state index in [0.29, 0.717) is 11.7 Å². The lowest BCUT2D eigenvalue weighted by atomic mass is 9.89. The van der Waals surface area contributed by atoms with Crippen LogP contribution in [0.1, 0.15) is 17.2 Å². The Morgan fingerprint density at radius 2 is 1.81 bits per heavy atom. The van der Waals surface area contributed by atoms with E-state index in [1.165, 1.54) is 24.3 Å². The highest BCUT2D eigenvalue weighted by Crippen LogP contribution is 2.34. The fourth-order valence-electron chi connectivity index (χ4n) is 3.65. The van der Waals surface area contributed by atoms with E-state index in [1.807, 2.05) is 25.3 Å². The number of halogens is 2. The Kier molecular flexibility index (Phi) is 4.76. The molecule has 0 aliphatic carbocycles. The molecule has 0 spiro atoms. The van der Waals surface area contributed by atoms with Crippen molar-refractivity contribution in [3.8, 4) is 0 Å². The third-order valence-corrected chi connectivity index (χ3v) is 4.98. The molecule has 4 rings (SSSR count). The maximum atomic E-state index is 13.8. The van der Waals surface area contributed by atoms with E-state index in [1.54, 1.807) is 12.1 Å². The highest BCUT2D eigenvalue weighted by Gasteiger charge is 2.32. The molecule has 0 fully saturated rings. The first kappa shape index (κ1) is 17.8. The van der Waals surface area contributed by atoms with Crippen molar-refractivity contribution in [1.82, 2.24) is 15.5 Å². The number of nitrogens with one attached hydrogen (secondary N) is 2. The summed E-state index contributed by atoms with van der Waals surface area (Å²) in [7, 11) is 2.03. The molecule has 138 valence electrons. The molecule has 1 atom stereocenters. The predicted octanol–water partition coefficient (Wildman–Crippen LogP) is 3.77. The van der Waals surface area contributed by atoms with E-state index in [2.05, 4.69) is 15.5 Å². The minimum atomic E-state index is -0.277. The maximum absolute atomic E-state index is 13.8. The zero-order valence-corrected chi connectivity index (χ0v) is 15.6. The van der Waals surface area contributed by atoms with Gasteiger partial charge in [0.1, 0.15) is 11.6 Å². The first-order valence-corrected chi connectivity index (χ1v) is 9.11. The first-order chi connectivity index (χ1) is 13.0. The molecule has 2 aliphatic rings. The van der Waals surface area contributed by atoms with Gasteiger partial charge < -0.3 is 10.6 Å². The van der Waals surface area contributed by atoms with Crippen LogP contribution in [0, 0.1) is 11.6 Å². The van der Waals surface area contributed by atoms with Gasteiger partial charge in [-0.2, -0.15) is 0 Å². The summed E-state index contributed by atoms with van der Waals surface area (Å²) in [6.07, 6.45) is 1.97. The van der Waals surface area contributed by atoms with Gasteiger partial charge in [0, 0.05) is 18.8 Å². The lowest BCUT2D eigenvalue weighted by molar-refractivity contribution is 0.364. The van der Waals surface area contributed by atoms with Gasteiger partial charge in [0.15, 0.2) is 5.11 Å². The number of rotatable bonds is 2. The van der Waals surface area contributed by atoms with Crippen LogP contribution >= 0.6 is 12.2 Å². The maximum Gasteiger partial charge on any atom is 0.171 e. The summed E-state index contributed by atoms with van der Waals surface area (Å²) in [4.78, 5) is 2.17. The van der Waals surface area contributed by atoms with E-state index in [-0.39, 0.29) is 17.7 Å². The molecule has 0 aromatic heterocycles. The van der Waals surface area contributed by atoms with Crippen molar-refractivity contribution in [3.63, 3.8) is 0 Å². The van der Waals surface area contributed by atoms with Crippen LogP contribution in [0.15, 0.2) is 65.4 Å². The minimum Gasteiger partial charge on any atom is -0.352 e. The summed E-state index contributed by atoms with van der Waals surface area (Å²) < 4.78 is 27.4. The average Bonchev–Trinajstić information content (AvgIpc) is 2.62. The summed E-state index contributed by atoms with van der Waals surface area (Å²) in [6.45, 7) is 1.43. The van der Waals surface area contributed by atoms with Crippen molar-refractivity contribution >= 4 is 23.4 Å². The molecular formula is C21H19F2N3S. The number of hydrogen-bond donors (Lipinski definition) is 2. The van der Waals surface area contributed by atoms with E-state index in [0.717, 1.165) is 34.5 Å². The molecule has 0 amide bonds. The van der Waals surface area contributed by atoms with Crippen LogP contribution in [0.3, 0.4) is 0 Å². The van der Waals surface area contributed by atoms with Gasteiger partial charge in [0.05, 0.1) is 6.04 Å². The van der Waals surface area contributed by atoms with Gasteiger partial charge in [-0.15, -0.1) is 0 Å². The molecule has 2 aliphatic heterocycles. The molecular weight excluding hydrogens is 364 g/mol. The lowest BCUT2D eigenvalue weighted by Gasteiger charge is -2.39. The van der Waals surface area contributed by atoms with Crippen molar-refractivity contribution < 1.29 is 8.78 Å². The van der Waals surface area contributed by atoms with E-state index in [4.69, 9.17) is 12.2 Å². The van der Waals surface area contributed by atoms with Crippen molar-refractivity contribution in [3.05, 3.63) is 88.1 Å². The topological polar surface area (TPSA) is 27.3 Å². The van der Waals surface area contributed by atoms with Crippen molar-refractivity contribution in [2.75, 3.05) is 20.1 Å². The molecule has 6 heteroatoms. The zero-order valence-electron chi connectivity index (χ0n) is 14.8. The summed E-state index contributed by atoms with van der Waals surface area (Å²) in [6, 6.07) is 12.8. The summed E-state index contributed by atoms with van der Waals surface area (Å²) in [5.41, 5.74) is 4.67. The molecule has 2 N–H and O–H groups in total. The number of nitrogens with zero attached hydrogens (tertiary/aromatic N) is 1. The van der Waals surface area contributed by atoms with Gasteiger partial charge in [-0.1, -0.05) is 24.3 Å². The third kappa shape index (κ3) is 3.77. The molecule has 1 unspecified atom stereocenters. The molecule has 0 saturated heterocycles. The second-order valence-electron chi connectivity index (χ2n) is 6.88. The summed E-state index contributed by atoms with van der Waals surface area (Å²) in [5.74, 6) is -0.547. The van der Waals surface area contributed by atoms with Crippen LogP contribution in [-0.2, 0) is 0 Å². The Morgan fingerprint density at radius 1 is 1.07 bits per heavy atom. The molecule has 2 heterocycles. The minimum absolute atomic E-state index is 0.205. The standard InChI is InChI=1S/C21H19F2N3S/c1-26-11-15(8-13-4-2-6-16(22)9-13)20-18(12-26)19(24-21(27)25-20)14-5-3-7-17(23)10-14/h2-10,19H,11-12H2,1H3,(H2,24,25,27)/b15-8+. The Morgan fingerprint density at radius 3 is 2.56 bits per heavy atom. The predicted molar refractivity (Wildman–Crippen MR) is 107 cm³/mol.